The Bertz CT molecular complexity index is 548. The van der Waals surface area contributed by atoms with Gasteiger partial charge in [0.15, 0.2) is 0 Å². The number of alkyl halides is 3. The van der Waals surface area contributed by atoms with Crippen LogP contribution < -0.4 is 5.32 Å². The molecule has 19 heavy (non-hydrogen) atoms. The number of rotatable bonds is 3. The summed E-state index contributed by atoms with van der Waals surface area (Å²) in [6, 6.07) is 5.00. The van der Waals surface area contributed by atoms with Gasteiger partial charge in [0.25, 0.3) is 0 Å². The molecule has 1 atom stereocenters. The largest absolute Gasteiger partial charge is 0.416 e. The summed E-state index contributed by atoms with van der Waals surface area (Å²) < 4.78 is 37.3. The summed E-state index contributed by atoms with van der Waals surface area (Å²) >= 11 is 1.37. The molecule has 0 aliphatic carbocycles. The van der Waals surface area contributed by atoms with Gasteiger partial charge in [-0.25, -0.2) is 0 Å². The molecule has 0 bridgehead atoms. The van der Waals surface area contributed by atoms with Crippen LogP contribution in [0.25, 0.3) is 10.6 Å². The first-order valence-electron chi connectivity index (χ1n) is 5.60. The number of hydrogen-bond donors (Lipinski definition) is 1. The second kappa shape index (κ2) is 5.26. The van der Waals surface area contributed by atoms with Crippen LogP contribution in [-0.4, -0.2) is 17.2 Å². The highest BCUT2D eigenvalue weighted by molar-refractivity contribution is 7.14. The van der Waals surface area contributed by atoms with Crippen molar-refractivity contribution in [1.82, 2.24) is 15.5 Å². The number of nitrogens with zero attached hydrogens (tertiary/aromatic N) is 2. The Morgan fingerprint density at radius 3 is 2.32 bits per heavy atom. The molecule has 0 aliphatic rings. The zero-order valence-corrected chi connectivity index (χ0v) is 11.1. The summed E-state index contributed by atoms with van der Waals surface area (Å²) in [7, 11) is 1.81. The standard InChI is InChI=1S/C12H12F3N3S/c1-7(16-2)10-17-18-11(19-10)8-3-5-9(6-4-8)12(13,14)15/h3-7,16H,1-2H3. The van der Waals surface area contributed by atoms with Gasteiger partial charge in [-0.1, -0.05) is 23.5 Å². The highest BCUT2D eigenvalue weighted by Gasteiger charge is 2.30. The van der Waals surface area contributed by atoms with E-state index in [-0.39, 0.29) is 6.04 Å². The molecule has 0 spiro atoms. The molecule has 1 unspecified atom stereocenters. The van der Waals surface area contributed by atoms with Crippen LogP contribution in [0.3, 0.4) is 0 Å². The lowest BCUT2D eigenvalue weighted by Crippen LogP contribution is -2.11. The van der Waals surface area contributed by atoms with E-state index in [1.54, 1.807) is 0 Å². The van der Waals surface area contributed by atoms with Crippen LogP contribution in [0, 0.1) is 0 Å². The minimum atomic E-state index is -4.31. The molecule has 1 aromatic heterocycles. The highest BCUT2D eigenvalue weighted by Crippen LogP contribution is 2.32. The Hall–Kier alpha value is -1.47. The average Bonchev–Trinajstić information content (AvgIpc) is 2.86. The number of nitrogens with one attached hydrogen (secondary N) is 1. The second-order valence-electron chi connectivity index (χ2n) is 4.03. The molecule has 1 aromatic carbocycles. The van der Waals surface area contributed by atoms with E-state index >= 15 is 0 Å². The number of benzene rings is 1. The molecule has 102 valence electrons. The number of aromatic nitrogens is 2. The molecule has 0 aliphatic heterocycles. The first kappa shape index (κ1) is 14.0. The molecule has 2 aromatic rings. The van der Waals surface area contributed by atoms with E-state index in [0.29, 0.717) is 10.6 Å². The van der Waals surface area contributed by atoms with Gasteiger partial charge in [-0.3, -0.25) is 0 Å². The maximum Gasteiger partial charge on any atom is 0.416 e. The quantitative estimate of drug-likeness (QED) is 0.938. The summed E-state index contributed by atoms with van der Waals surface area (Å²) in [6.07, 6.45) is -4.31. The normalized spacial score (nSPS) is 13.5. The molecule has 0 fully saturated rings. The Morgan fingerprint density at radius 2 is 1.79 bits per heavy atom. The van der Waals surface area contributed by atoms with Gasteiger partial charge in [-0.05, 0) is 26.1 Å². The van der Waals surface area contributed by atoms with Crippen LogP contribution in [0.15, 0.2) is 24.3 Å². The SMILES string of the molecule is CNC(C)c1nnc(-c2ccc(C(F)(F)F)cc2)s1. The van der Waals surface area contributed by atoms with Crippen molar-refractivity contribution in [2.45, 2.75) is 19.1 Å². The topological polar surface area (TPSA) is 37.8 Å². The molecule has 1 N–H and O–H groups in total. The molecule has 0 radical (unpaired) electrons. The van der Waals surface area contributed by atoms with E-state index in [2.05, 4.69) is 15.5 Å². The van der Waals surface area contributed by atoms with Gasteiger partial charge in [0, 0.05) is 5.56 Å². The Kier molecular flexibility index (Phi) is 3.86. The zero-order valence-electron chi connectivity index (χ0n) is 10.3. The van der Waals surface area contributed by atoms with Gasteiger partial charge in [0.1, 0.15) is 10.0 Å². The molecule has 7 heteroatoms. The van der Waals surface area contributed by atoms with E-state index in [9.17, 15) is 13.2 Å². The second-order valence-corrected chi connectivity index (χ2v) is 5.04. The monoisotopic (exact) mass is 287 g/mol. The Balaban J connectivity index is 2.25. The smallest absolute Gasteiger partial charge is 0.311 e. The average molecular weight is 287 g/mol. The molecular weight excluding hydrogens is 275 g/mol. The lowest BCUT2D eigenvalue weighted by Gasteiger charge is -2.06. The Labute approximate surface area is 112 Å². The fraction of sp³-hybridized carbons (Fsp3) is 0.333. The predicted molar refractivity (Wildman–Crippen MR) is 67.8 cm³/mol. The maximum atomic E-state index is 12.4. The molecule has 0 amide bonds. The number of halogens is 3. The van der Waals surface area contributed by atoms with Crippen molar-refractivity contribution in [3.63, 3.8) is 0 Å². The van der Waals surface area contributed by atoms with E-state index in [1.165, 1.54) is 23.5 Å². The first-order valence-corrected chi connectivity index (χ1v) is 6.41. The third-order valence-corrected chi connectivity index (χ3v) is 3.86. The molecule has 0 saturated heterocycles. The molecular formula is C12H12F3N3S. The maximum absolute atomic E-state index is 12.4. The van der Waals surface area contributed by atoms with Gasteiger partial charge in [-0.2, -0.15) is 13.2 Å². The van der Waals surface area contributed by atoms with E-state index in [0.717, 1.165) is 17.1 Å². The minimum Gasteiger partial charge on any atom is -0.311 e. The van der Waals surface area contributed by atoms with Gasteiger partial charge in [-0.15, -0.1) is 10.2 Å². The highest BCUT2D eigenvalue weighted by atomic mass is 32.1. The van der Waals surface area contributed by atoms with Crippen molar-refractivity contribution in [1.29, 1.82) is 0 Å². The van der Waals surface area contributed by atoms with Gasteiger partial charge in [0.05, 0.1) is 11.6 Å². The van der Waals surface area contributed by atoms with E-state index in [1.807, 2.05) is 14.0 Å². The van der Waals surface area contributed by atoms with Crippen molar-refractivity contribution in [2.24, 2.45) is 0 Å². The van der Waals surface area contributed by atoms with Gasteiger partial charge in [0.2, 0.25) is 0 Å². The summed E-state index contributed by atoms with van der Waals surface area (Å²) in [5.74, 6) is 0. The first-order chi connectivity index (χ1) is 8.91. The zero-order chi connectivity index (χ0) is 14.0. The predicted octanol–water partition coefficient (Wildman–Crippen LogP) is 3.50. The van der Waals surface area contributed by atoms with E-state index in [4.69, 9.17) is 0 Å². The molecule has 1 heterocycles. The van der Waals surface area contributed by atoms with Crippen LogP contribution in [-0.2, 0) is 6.18 Å². The molecule has 2 rings (SSSR count). The fourth-order valence-electron chi connectivity index (χ4n) is 1.45. The molecule has 0 saturated carbocycles. The van der Waals surface area contributed by atoms with Crippen molar-refractivity contribution < 1.29 is 13.2 Å². The summed E-state index contributed by atoms with van der Waals surface area (Å²) in [5.41, 5.74) is -0.0235. The van der Waals surface area contributed by atoms with Crippen molar-refractivity contribution in [3.05, 3.63) is 34.8 Å². The third kappa shape index (κ3) is 3.10. The van der Waals surface area contributed by atoms with Gasteiger partial charge < -0.3 is 5.32 Å². The fourth-order valence-corrected chi connectivity index (χ4v) is 2.36. The van der Waals surface area contributed by atoms with Crippen molar-refractivity contribution >= 4 is 11.3 Å². The van der Waals surface area contributed by atoms with Gasteiger partial charge >= 0.3 is 6.18 Å². The van der Waals surface area contributed by atoms with Crippen LogP contribution in [0.5, 0.6) is 0 Å². The van der Waals surface area contributed by atoms with E-state index < -0.39 is 11.7 Å². The van der Waals surface area contributed by atoms with Crippen LogP contribution in [0.1, 0.15) is 23.5 Å². The summed E-state index contributed by atoms with van der Waals surface area (Å²) in [4.78, 5) is 0. The lowest BCUT2D eigenvalue weighted by molar-refractivity contribution is -0.137. The van der Waals surface area contributed by atoms with Crippen LogP contribution in [0.2, 0.25) is 0 Å². The third-order valence-electron chi connectivity index (χ3n) is 2.70. The van der Waals surface area contributed by atoms with Crippen molar-refractivity contribution in [3.8, 4) is 10.6 Å². The number of hydrogen-bond acceptors (Lipinski definition) is 4. The summed E-state index contributed by atoms with van der Waals surface area (Å²) in [6.45, 7) is 1.94. The van der Waals surface area contributed by atoms with Crippen molar-refractivity contribution in [2.75, 3.05) is 7.05 Å². The lowest BCUT2D eigenvalue weighted by atomic mass is 10.1. The van der Waals surface area contributed by atoms with Crippen LogP contribution in [0.4, 0.5) is 13.2 Å². The van der Waals surface area contributed by atoms with Crippen LogP contribution >= 0.6 is 11.3 Å². The Morgan fingerprint density at radius 1 is 1.16 bits per heavy atom. The minimum absolute atomic E-state index is 0.0701. The molecule has 3 nitrogen and oxygen atoms in total. The summed E-state index contributed by atoms with van der Waals surface area (Å²) in [5, 5.41) is 12.5.